The average Bonchev–Trinajstić information content (AvgIpc) is 2.43. The number of hydrogen-bond acceptors (Lipinski definition) is 3. The van der Waals surface area contributed by atoms with Crippen LogP contribution in [0.25, 0.3) is 0 Å². The maximum atomic E-state index is 5.42. The number of nitrogens with zero attached hydrogens (tertiary/aromatic N) is 1. The molecule has 0 heterocycles. The van der Waals surface area contributed by atoms with Crippen molar-refractivity contribution < 1.29 is 9.47 Å². The van der Waals surface area contributed by atoms with Crippen molar-refractivity contribution in [1.82, 2.24) is 10.6 Å². The summed E-state index contributed by atoms with van der Waals surface area (Å²) in [5.41, 5.74) is 0.162. The van der Waals surface area contributed by atoms with Crippen LogP contribution in [0, 0.1) is 5.41 Å². The molecule has 6 heteroatoms. The molecule has 22 heavy (non-hydrogen) atoms. The van der Waals surface area contributed by atoms with Crippen LogP contribution in [0.3, 0.4) is 0 Å². The van der Waals surface area contributed by atoms with Crippen LogP contribution in [0.2, 0.25) is 0 Å². The zero-order valence-corrected chi connectivity index (χ0v) is 17.2. The van der Waals surface area contributed by atoms with Gasteiger partial charge in [0.15, 0.2) is 5.96 Å². The molecular weight excluding hydrogens is 393 g/mol. The Bertz CT molecular complexity index is 331. The van der Waals surface area contributed by atoms with Gasteiger partial charge in [-0.25, -0.2) is 0 Å². The second kappa shape index (κ2) is 10.6. The highest BCUT2D eigenvalue weighted by atomic mass is 127. The van der Waals surface area contributed by atoms with Gasteiger partial charge in [0, 0.05) is 33.9 Å². The highest BCUT2D eigenvalue weighted by Gasteiger charge is 2.36. The molecule has 1 rings (SSSR count). The lowest BCUT2D eigenvalue weighted by Crippen LogP contribution is -2.47. The first kappa shape index (κ1) is 21.9. The first-order chi connectivity index (χ1) is 9.97. The molecule has 1 saturated carbocycles. The number of guanidine groups is 1. The van der Waals surface area contributed by atoms with E-state index in [4.69, 9.17) is 9.47 Å². The first-order valence-corrected chi connectivity index (χ1v) is 8.03. The van der Waals surface area contributed by atoms with Gasteiger partial charge in [-0.15, -0.1) is 24.0 Å². The van der Waals surface area contributed by atoms with E-state index < -0.39 is 0 Å². The summed E-state index contributed by atoms with van der Waals surface area (Å²) < 4.78 is 10.7. The van der Waals surface area contributed by atoms with E-state index in [1.165, 1.54) is 19.3 Å². The van der Waals surface area contributed by atoms with Gasteiger partial charge >= 0.3 is 0 Å². The maximum absolute atomic E-state index is 5.42. The van der Waals surface area contributed by atoms with Crippen molar-refractivity contribution in [2.75, 3.05) is 40.5 Å². The van der Waals surface area contributed by atoms with Gasteiger partial charge in [-0.1, -0.05) is 6.42 Å². The molecule has 0 aromatic heterocycles. The first-order valence-electron chi connectivity index (χ1n) is 8.03. The highest BCUT2D eigenvalue weighted by molar-refractivity contribution is 14.0. The zero-order valence-electron chi connectivity index (χ0n) is 14.8. The number of hydrogen-bond donors (Lipinski definition) is 2. The Morgan fingerprint density at radius 1 is 1.23 bits per heavy atom. The van der Waals surface area contributed by atoms with E-state index >= 15 is 0 Å². The molecule has 1 fully saturated rings. The Morgan fingerprint density at radius 2 is 1.91 bits per heavy atom. The van der Waals surface area contributed by atoms with Crippen LogP contribution in [0.4, 0.5) is 0 Å². The molecule has 0 radical (unpaired) electrons. The quantitative estimate of drug-likeness (QED) is 0.338. The van der Waals surface area contributed by atoms with E-state index in [2.05, 4.69) is 22.5 Å². The number of ether oxygens (including phenoxy) is 2. The van der Waals surface area contributed by atoms with E-state index in [9.17, 15) is 0 Å². The van der Waals surface area contributed by atoms with Gasteiger partial charge in [-0.05, 0) is 45.4 Å². The van der Waals surface area contributed by atoms with Gasteiger partial charge in [0.1, 0.15) is 0 Å². The lowest BCUT2D eigenvalue weighted by molar-refractivity contribution is 0.0310. The van der Waals surface area contributed by atoms with Crippen LogP contribution in [-0.4, -0.2) is 52.0 Å². The standard InChI is InChI=1S/C16H33N3O2.HI/c1-6-17-14(18-12-15(2,3)21-5)19-13-16(8-7-9-16)10-11-20-4;/h6-13H2,1-5H3,(H2,17,18,19);1H. The van der Waals surface area contributed by atoms with Crippen molar-refractivity contribution in [2.45, 2.75) is 52.1 Å². The number of aliphatic imine (C=N–C) groups is 1. The molecule has 0 spiro atoms. The summed E-state index contributed by atoms with van der Waals surface area (Å²) in [6.45, 7) is 9.50. The second-order valence-electron chi connectivity index (χ2n) is 6.61. The molecule has 1 aliphatic carbocycles. The van der Waals surface area contributed by atoms with Crippen molar-refractivity contribution in [3.8, 4) is 0 Å². The van der Waals surface area contributed by atoms with E-state index in [1.807, 2.05) is 13.8 Å². The van der Waals surface area contributed by atoms with Gasteiger partial charge in [0.05, 0.1) is 12.1 Å². The topological polar surface area (TPSA) is 54.9 Å². The lowest BCUT2D eigenvalue weighted by atomic mass is 9.67. The molecule has 1 aliphatic rings. The van der Waals surface area contributed by atoms with Gasteiger partial charge in [-0.3, -0.25) is 4.99 Å². The Balaban J connectivity index is 0.00000441. The summed E-state index contributed by atoms with van der Waals surface area (Å²) in [6, 6.07) is 0. The van der Waals surface area contributed by atoms with Crippen molar-refractivity contribution >= 4 is 29.9 Å². The van der Waals surface area contributed by atoms with E-state index in [0.717, 1.165) is 32.1 Å². The van der Waals surface area contributed by atoms with Crippen molar-refractivity contribution in [3.63, 3.8) is 0 Å². The maximum Gasteiger partial charge on any atom is 0.191 e. The molecule has 0 saturated heterocycles. The van der Waals surface area contributed by atoms with E-state index in [-0.39, 0.29) is 29.6 Å². The Kier molecular flexibility index (Phi) is 10.6. The Labute approximate surface area is 153 Å². The molecule has 0 aliphatic heterocycles. The van der Waals surface area contributed by atoms with Crippen LogP contribution >= 0.6 is 24.0 Å². The SMILES string of the molecule is CCNC(=NCC(C)(C)OC)NCC1(CCOC)CCC1.I. The molecule has 0 unspecified atom stereocenters. The van der Waals surface area contributed by atoms with Gasteiger partial charge in [0.2, 0.25) is 0 Å². The van der Waals surface area contributed by atoms with Crippen LogP contribution in [0.15, 0.2) is 4.99 Å². The molecule has 5 nitrogen and oxygen atoms in total. The second-order valence-corrected chi connectivity index (χ2v) is 6.61. The molecule has 0 bridgehead atoms. The summed E-state index contributed by atoms with van der Waals surface area (Å²) in [5, 5.41) is 6.81. The van der Waals surface area contributed by atoms with Crippen LogP contribution < -0.4 is 10.6 Å². The number of halogens is 1. The molecule has 0 aromatic carbocycles. The highest BCUT2D eigenvalue weighted by Crippen LogP contribution is 2.43. The number of nitrogens with one attached hydrogen (secondary N) is 2. The minimum atomic E-state index is -0.230. The van der Waals surface area contributed by atoms with Crippen LogP contribution in [0.1, 0.15) is 46.5 Å². The minimum absolute atomic E-state index is 0. The predicted molar refractivity (Wildman–Crippen MR) is 103 cm³/mol. The fraction of sp³-hybridized carbons (Fsp3) is 0.938. The lowest BCUT2D eigenvalue weighted by Gasteiger charge is -2.42. The average molecular weight is 427 g/mol. The summed E-state index contributed by atoms with van der Waals surface area (Å²) in [5.74, 6) is 0.881. The van der Waals surface area contributed by atoms with Crippen molar-refractivity contribution in [2.24, 2.45) is 10.4 Å². The van der Waals surface area contributed by atoms with Crippen molar-refractivity contribution in [1.29, 1.82) is 0 Å². The monoisotopic (exact) mass is 427 g/mol. The van der Waals surface area contributed by atoms with Crippen molar-refractivity contribution in [3.05, 3.63) is 0 Å². The predicted octanol–water partition coefficient (Wildman–Crippen LogP) is 2.79. The summed E-state index contributed by atoms with van der Waals surface area (Å²) in [4.78, 5) is 4.64. The molecule has 2 N–H and O–H groups in total. The van der Waals surface area contributed by atoms with E-state index in [1.54, 1.807) is 14.2 Å². The largest absolute Gasteiger partial charge is 0.385 e. The van der Waals surface area contributed by atoms with Gasteiger partial charge < -0.3 is 20.1 Å². The molecule has 0 atom stereocenters. The minimum Gasteiger partial charge on any atom is -0.385 e. The molecule has 132 valence electrons. The Morgan fingerprint density at radius 3 is 2.36 bits per heavy atom. The van der Waals surface area contributed by atoms with Gasteiger partial charge in [0.25, 0.3) is 0 Å². The normalized spacial score (nSPS) is 17.4. The summed E-state index contributed by atoms with van der Waals surface area (Å²) in [7, 11) is 3.50. The third kappa shape index (κ3) is 7.46. The molecule has 0 amide bonds. The molecule has 0 aromatic rings. The number of rotatable bonds is 9. The van der Waals surface area contributed by atoms with E-state index in [0.29, 0.717) is 12.0 Å². The fourth-order valence-corrected chi connectivity index (χ4v) is 2.46. The third-order valence-corrected chi connectivity index (χ3v) is 4.40. The number of methoxy groups -OCH3 is 2. The molecular formula is C16H34IN3O2. The Hall–Kier alpha value is -0.0800. The zero-order chi connectivity index (χ0) is 15.8. The fourth-order valence-electron chi connectivity index (χ4n) is 2.46. The van der Waals surface area contributed by atoms with Crippen LogP contribution in [0.5, 0.6) is 0 Å². The van der Waals surface area contributed by atoms with Gasteiger partial charge in [-0.2, -0.15) is 0 Å². The third-order valence-electron chi connectivity index (χ3n) is 4.40. The summed E-state index contributed by atoms with van der Waals surface area (Å²) >= 11 is 0. The van der Waals surface area contributed by atoms with Crippen LogP contribution in [-0.2, 0) is 9.47 Å². The summed E-state index contributed by atoms with van der Waals surface area (Å²) in [6.07, 6.45) is 5.02. The smallest absolute Gasteiger partial charge is 0.191 e.